The SMILES string of the molecule is CC(=O)NC(CCCCNC(=O)OCC1c2ccccc2-c2ccccc21)c1nnc(C(C)(C)C(=O)O)o1. The van der Waals surface area contributed by atoms with E-state index in [1.54, 1.807) is 0 Å². The molecule has 3 N–H and O–H groups in total. The van der Waals surface area contributed by atoms with E-state index in [0.717, 1.165) is 11.1 Å². The van der Waals surface area contributed by atoms with Crippen LogP contribution in [0.15, 0.2) is 52.9 Å². The summed E-state index contributed by atoms with van der Waals surface area (Å²) in [4.78, 5) is 35.5. The zero-order valence-electron chi connectivity index (χ0n) is 21.7. The van der Waals surface area contributed by atoms with Gasteiger partial charge >= 0.3 is 12.1 Å². The molecule has 3 aromatic rings. The van der Waals surface area contributed by atoms with Gasteiger partial charge in [-0.1, -0.05) is 48.5 Å². The maximum absolute atomic E-state index is 12.4. The summed E-state index contributed by atoms with van der Waals surface area (Å²) in [5.41, 5.74) is 3.30. The van der Waals surface area contributed by atoms with Crippen LogP contribution in [-0.4, -0.2) is 46.4 Å². The molecule has 2 amide bonds. The Morgan fingerprint density at radius 1 is 1.03 bits per heavy atom. The molecule has 0 fully saturated rings. The fourth-order valence-corrected chi connectivity index (χ4v) is 4.54. The van der Waals surface area contributed by atoms with Gasteiger partial charge in [-0.05, 0) is 55.4 Å². The van der Waals surface area contributed by atoms with Gasteiger partial charge in [0.05, 0.1) is 0 Å². The topological polar surface area (TPSA) is 144 Å². The predicted molar refractivity (Wildman–Crippen MR) is 138 cm³/mol. The lowest BCUT2D eigenvalue weighted by molar-refractivity contribution is -0.143. The molecule has 0 spiro atoms. The van der Waals surface area contributed by atoms with Gasteiger partial charge in [0.25, 0.3) is 0 Å². The lowest BCUT2D eigenvalue weighted by atomic mass is 9.94. The summed E-state index contributed by atoms with van der Waals surface area (Å²) in [6.07, 6.45) is 1.25. The van der Waals surface area contributed by atoms with Crippen molar-refractivity contribution in [1.82, 2.24) is 20.8 Å². The standard InChI is InChI=1S/C28H32N4O6/c1-17(33)30-23(24-31-32-25(38-24)28(2,3)26(34)35)14-8-9-15-29-27(36)37-16-22-20-12-6-4-10-18(20)19-11-5-7-13-21(19)22/h4-7,10-13,22-23H,8-9,14-16H2,1-3H3,(H,29,36)(H,30,33)(H,34,35). The molecule has 4 rings (SSSR count). The highest BCUT2D eigenvalue weighted by Gasteiger charge is 2.36. The Labute approximate surface area is 220 Å². The third kappa shape index (κ3) is 5.85. The fourth-order valence-electron chi connectivity index (χ4n) is 4.54. The van der Waals surface area contributed by atoms with Crippen LogP contribution in [0.1, 0.15) is 74.9 Å². The lowest BCUT2D eigenvalue weighted by Gasteiger charge is -2.16. The number of carboxylic acids is 1. The summed E-state index contributed by atoms with van der Waals surface area (Å²) in [5.74, 6) is -1.26. The zero-order chi connectivity index (χ0) is 27.3. The Morgan fingerprint density at radius 3 is 2.26 bits per heavy atom. The van der Waals surface area contributed by atoms with Crippen molar-refractivity contribution < 1.29 is 28.6 Å². The molecule has 200 valence electrons. The molecule has 1 aliphatic rings. The number of carbonyl (C=O) groups is 3. The summed E-state index contributed by atoms with van der Waals surface area (Å²) in [6.45, 7) is 4.95. The number of alkyl carbamates (subject to hydrolysis) is 1. The van der Waals surface area contributed by atoms with Crippen LogP contribution in [0.25, 0.3) is 11.1 Å². The minimum atomic E-state index is -1.35. The van der Waals surface area contributed by atoms with Crippen molar-refractivity contribution in [3.05, 3.63) is 71.4 Å². The lowest BCUT2D eigenvalue weighted by Crippen LogP contribution is -2.29. The maximum atomic E-state index is 12.4. The van der Waals surface area contributed by atoms with E-state index in [1.807, 2.05) is 24.3 Å². The van der Waals surface area contributed by atoms with E-state index in [2.05, 4.69) is 45.1 Å². The minimum absolute atomic E-state index is 0.00281. The smallest absolute Gasteiger partial charge is 0.407 e. The average molecular weight is 521 g/mol. The molecular formula is C28H32N4O6. The molecule has 0 aliphatic heterocycles. The van der Waals surface area contributed by atoms with Crippen molar-refractivity contribution >= 4 is 18.0 Å². The molecule has 0 saturated heterocycles. The van der Waals surface area contributed by atoms with E-state index in [9.17, 15) is 19.5 Å². The van der Waals surface area contributed by atoms with Crippen LogP contribution in [0.4, 0.5) is 4.79 Å². The van der Waals surface area contributed by atoms with Crippen LogP contribution in [-0.2, 0) is 19.7 Å². The number of fused-ring (bicyclic) bond motifs is 3. The second-order valence-corrected chi connectivity index (χ2v) is 9.88. The van der Waals surface area contributed by atoms with E-state index in [4.69, 9.17) is 9.15 Å². The van der Waals surface area contributed by atoms with Gasteiger partial charge in [0.2, 0.25) is 17.7 Å². The Balaban J connectivity index is 1.25. The number of aromatic nitrogens is 2. The van der Waals surface area contributed by atoms with E-state index < -0.39 is 23.5 Å². The number of amides is 2. The van der Waals surface area contributed by atoms with Crippen molar-refractivity contribution in [3.63, 3.8) is 0 Å². The predicted octanol–water partition coefficient (Wildman–Crippen LogP) is 4.32. The van der Waals surface area contributed by atoms with Crippen LogP contribution in [0.5, 0.6) is 0 Å². The van der Waals surface area contributed by atoms with Gasteiger partial charge in [-0.2, -0.15) is 0 Å². The number of rotatable bonds is 11. The molecular weight excluding hydrogens is 488 g/mol. The molecule has 1 aliphatic carbocycles. The van der Waals surface area contributed by atoms with E-state index in [0.29, 0.717) is 25.8 Å². The first-order chi connectivity index (χ1) is 18.2. The molecule has 1 heterocycles. The van der Waals surface area contributed by atoms with Crippen molar-refractivity contribution in [3.8, 4) is 11.1 Å². The maximum Gasteiger partial charge on any atom is 0.407 e. The molecule has 0 bridgehead atoms. The molecule has 10 heteroatoms. The minimum Gasteiger partial charge on any atom is -0.480 e. The Hall–Kier alpha value is -4.21. The van der Waals surface area contributed by atoms with Gasteiger partial charge in [0, 0.05) is 19.4 Å². The third-order valence-electron chi connectivity index (χ3n) is 6.72. The fraction of sp³-hybridized carbons (Fsp3) is 0.393. The Bertz CT molecular complexity index is 1270. The summed E-state index contributed by atoms with van der Waals surface area (Å²) in [6, 6.07) is 15.8. The number of ether oxygens (including phenoxy) is 1. The van der Waals surface area contributed by atoms with E-state index >= 15 is 0 Å². The number of benzene rings is 2. The normalized spacial score (nSPS) is 13.3. The molecule has 0 saturated carbocycles. The number of nitrogens with zero attached hydrogens (tertiary/aromatic N) is 2. The molecule has 1 atom stereocenters. The first-order valence-electron chi connectivity index (χ1n) is 12.6. The third-order valence-corrected chi connectivity index (χ3v) is 6.72. The first kappa shape index (κ1) is 26.8. The number of carbonyl (C=O) groups excluding carboxylic acids is 2. The van der Waals surface area contributed by atoms with Crippen LogP contribution >= 0.6 is 0 Å². The molecule has 2 aromatic carbocycles. The van der Waals surface area contributed by atoms with Crippen molar-refractivity contribution in [2.45, 2.75) is 57.4 Å². The number of carboxylic acid groups (broad SMARTS) is 1. The number of nitrogens with one attached hydrogen (secondary N) is 2. The molecule has 0 radical (unpaired) electrons. The van der Waals surface area contributed by atoms with E-state index in [-0.39, 0.29) is 30.2 Å². The summed E-state index contributed by atoms with van der Waals surface area (Å²) >= 11 is 0. The number of hydrogen-bond donors (Lipinski definition) is 3. The summed E-state index contributed by atoms with van der Waals surface area (Å²) < 4.78 is 11.1. The quantitative estimate of drug-likeness (QED) is 0.317. The summed E-state index contributed by atoms with van der Waals surface area (Å²) in [5, 5.41) is 22.7. The van der Waals surface area contributed by atoms with Gasteiger partial charge in [-0.25, -0.2) is 4.79 Å². The van der Waals surface area contributed by atoms with Gasteiger partial charge in [-0.15, -0.1) is 10.2 Å². The van der Waals surface area contributed by atoms with Crippen molar-refractivity contribution in [1.29, 1.82) is 0 Å². The average Bonchev–Trinajstić information content (AvgIpc) is 3.50. The van der Waals surface area contributed by atoms with Gasteiger partial charge < -0.3 is 24.9 Å². The molecule has 10 nitrogen and oxygen atoms in total. The summed E-state index contributed by atoms with van der Waals surface area (Å²) in [7, 11) is 0. The number of unbranched alkanes of at least 4 members (excludes halogenated alkanes) is 1. The van der Waals surface area contributed by atoms with Crippen molar-refractivity contribution in [2.75, 3.05) is 13.2 Å². The first-order valence-corrected chi connectivity index (χ1v) is 12.6. The monoisotopic (exact) mass is 520 g/mol. The molecule has 1 unspecified atom stereocenters. The highest BCUT2D eigenvalue weighted by molar-refractivity contribution is 5.79. The highest BCUT2D eigenvalue weighted by atomic mass is 16.5. The Kier molecular flexibility index (Phi) is 8.09. The Morgan fingerprint density at radius 2 is 1.66 bits per heavy atom. The number of aliphatic carboxylic acids is 1. The van der Waals surface area contributed by atoms with Crippen LogP contribution < -0.4 is 10.6 Å². The zero-order valence-corrected chi connectivity index (χ0v) is 21.7. The molecule has 38 heavy (non-hydrogen) atoms. The highest BCUT2D eigenvalue weighted by Crippen LogP contribution is 2.44. The van der Waals surface area contributed by atoms with Crippen LogP contribution in [0.2, 0.25) is 0 Å². The van der Waals surface area contributed by atoms with Gasteiger partial charge in [0.15, 0.2) is 0 Å². The van der Waals surface area contributed by atoms with Gasteiger partial charge in [-0.3, -0.25) is 9.59 Å². The van der Waals surface area contributed by atoms with Crippen molar-refractivity contribution in [2.24, 2.45) is 0 Å². The van der Waals surface area contributed by atoms with Crippen LogP contribution in [0.3, 0.4) is 0 Å². The van der Waals surface area contributed by atoms with Crippen LogP contribution in [0, 0.1) is 0 Å². The number of hydrogen-bond acceptors (Lipinski definition) is 7. The second-order valence-electron chi connectivity index (χ2n) is 9.88. The van der Waals surface area contributed by atoms with E-state index in [1.165, 1.54) is 31.9 Å². The largest absolute Gasteiger partial charge is 0.480 e. The van der Waals surface area contributed by atoms with Gasteiger partial charge in [0.1, 0.15) is 18.1 Å². The second kappa shape index (κ2) is 11.5. The molecule has 1 aromatic heterocycles.